The van der Waals surface area contributed by atoms with Crippen molar-refractivity contribution >= 4 is 27.6 Å². The lowest BCUT2D eigenvalue weighted by Gasteiger charge is -2.03. The summed E-state index contributed by atoms with van der Waals surface area (Å²) in [6, 6.07) is 5.42. The van der Waals surface area contributed by atoms with Gasteiger partial charge in [0.15, 0.2) is 0 Å². The van der Waals surface area contributed by atoms with Gasteiger partial charge in [-0.05, 0) is 33.6 Å². The van der Waals surface area contributed by atoms with Gasteiger partial charge in [0.05, 0.1) is 0 Å². The molecule has 0 aromatic heterocycles. The maximum absolute atomic E-state index is 10.5. The number of carbonyl (C=O) groups excluding carboxylic acids is 1. The summed E-state index contributed by atoms with van der Waals surface area (Å²) in [4.78, 5) is 10.5. The number of nitrogen functional groups attached to an aromatic ring is 1. The van der Waals surface area contributed by atoms with Crippen LogP contribution < -0.4 is 5.73 Å². The molecule has 0 radical (unpaired) electrons. The highest BCUT2D eigenvalue weighted by Gasteiger charge is 1.99. The number of carbonyl (C=O) groups is 1. The molecule has 0 aliphatic carbocycles. The molecule has 0 saturated carbocycles. The third-order valence-corrected chi connectivity index (χ3v) is 2.19. The molecule has 0 aliphatic rings. The second-order valence-corrected chi connectivity index (χ2v) is 3.49. The third kappa shape index (κ3) is 3.06. The van der Waals surface area contributed by atoms with Crippen molar-refractivity contribution in [2.75, 3.05) is 5.73 Å². The second-order valence-electron chi connectivity index (χ2n) is 2.64. The van der Waals surface area contributed by atoms with Gasteiger partial charge >= 0.3 is 5.97 Å². The van der Waals surface area contributed by atoms with E-state index in [1.165, 1.54) is 6.92 Å². The number of hydrogen-bond acceptors (Lipinski definition) is 3. The Morgan fingerprint density at radius 1 is 1.62 bits per heavy atom. The van der Waals surface area contributed by atoms with E-state index in [0.717, 1.165) is 10.0 Å². The van der Waals surface area contributed by atoms with E-state index < -0.39 is 0 Å². The lowest BCUT2D eigenvalue weighted by atomic mass is 10.2. The van der Waals surface area contributed by atoms with Crippen molar-refractivity contribution in [3.63, 3.8) is 0 Å². The maximum atomic E-state index is 10.5. The Morgan fingerprint density at radius 2 is 2.31 bits per heavy atom. The fourth-order valence-electron chi connectivity index (χ4n) is 0.845. The summed E-state index contributed by atoms with van der Waals surface area (Å²) in [5.41, 5.74) is 7.18. The van der Waals surface area contributed by atoms with Crippen LogP contribution in [0, 0.1) is 0 Å². The highest BCUT2D eigenvalue weighted by molar-refractivity contribution is 9.10. The quantitative estimate of drug-likeness (QED) is 0.640. The Labute approximate surface area is 85.0 Å². The lowest BCUT2D eigenvalue weighted by Crippen LogP contribution is -1.99. The minimum atomic E-state index is -0.284. The molecular weight excluding hydrogens is 234 g/mol. The number of ether oxygens (including phenoxy) is 1. The smallest absolute Gasteiger partial charge is 0.302 e. The molecule has 3 nitrogen and oxygen atoms in total. The molecule has 2 N–H and O–H groups in total. The summed E-state index contributed by atoms with van der Waals surface area (Å²) in [5, 5.41) is 0. The number of halogens is 1. The summed E-state index contributed by atoms with van der Waals surface area (Å²) in [6.07, 6.45) is 0. The standard InChI is InChI=1S/C9H10BrNO2/c1-6(12)13-5-7-2-3-9(11)8(10)4-7/h2-4H,5,11H2,1H3. The van der Waals surface area contributed by atoms with E-state index in [4.69, 9.17) is 10.5 Å². The largest absolute Gasteiger partial charge is 0.461 e. The first-order chi connectivity index (χ1) is 6.09. The van der Waals surface area contributed by atoms with Crippen LogP contribution in [0.15, 0.2) is 22.7 Å². The van der Waals surface area contributed by atoms with Crippen molar-refractivity contribution in [1.29, 1.82) is 0 Å². The molecule has 0 fully saturated rings. The molecule has 1 aromatic rings. The van der Waals surface area contributed by atoms with Crippen LogP contribution in [0.1, 0.15) is 12.5 Å². The molecule has 0 saturated heterocycles. The monoisotopic (exact) mass is 243 g/mol. The predicted octanol–water partition coefficient (Wildman–Crippen LogP) is 2.09. The van der Waals surface area contributed by atoms with Crippen LogP contribution in [-0.2, 0) is 16.1 Å². The Kier molecular flexibility index (Phi) is 3.31. The van der Waals surface area contributed by atoms with Gasteiger partial charge in [-0.25, -0.2) is 0 Å². The van der Waals surface area contributed by atoms with E-state index in [-0.39, 0.29) is 12.6 Å². The Morgan fingerprint density at radius 3 is 2.85 bits per heavy atom. The summed E-state index contributed by atoms with van der Waals surface area (Å²) < 4.78 is 5.64. The van der Waals surface area contributed by atoms with Crippen LogP contribution >= 0.6 is 15.9 Å². The molecule has 0 unspecified atom stereocenters. The highest BCUT2D eigenvalue weighted by atomic mass is 79.9. The van der Waals surface area contributed by atoms with E-state index in [2.05, 4.69) is 15.9 Å². The van der Waals surface area contributed by atoms with Crippen molar-refractivity contribution in [3.8, 4) is 0 Å². The van der Waals surface area contributed by atoms with Crippen molar-refractivity contribution in [2.45, 2.75) is 13.5 Å². The number of rotatable bonds is 2. The summed E-state index contributed by atoms with van der Waals surface area (Å²) >= 11 is 3.29. The van der Waals surface area contributed by atoms with Gasteiger partial charge < -0.3 is 10.5 Å². The minimum Gasteiger partial charge on any atom is -0.461 e. The second kappa shape index (κ2) is 4.28. The van der Waals surface area contributed by atoms with Gasteiger partial charge in [-0.15, -0.1) is 0 Å². The molecule has 0 spiro atoms. The van der Waals surface area contributed by atoms with Crippen molar-refractivity contribution in [2.24, 2.45) is 0 Å². The number of esters is 1. The Hall–Kier alpha value is -1.03. The Balaban J connectivity index is 2.68. The van der Waals surface area contributed by atoms with Crippen molar-refractivity contribution < 1.29 is 9.53 Å². The van der Waals surface area contributed by atoms with Crippen LogP contribution in [-0.4, -0.2) is 5.97 Å². The first-order valence-corrected chi connectivity index (χ1v) is 4.56. The van der Waals surface area contributed by atoms with Gasteiger partial charge in [0, 0.05) is 17.1 Å². The molecule has 4 heteroatoms. The van der Waals surface area contributed by atoms with Gasteiger partial charge in [-0.1, -0.05) is 6.07 Å². The normalized spacial score (nSPS) is 9.69. The summed E-state index contributed by atoms with van der Waals surface area (Å²) in [7, 11) is 0. The van der Waals surface area contributed by atoms with E-state index in [1.54, 1.807) is 6.07 Å². The number of nitrogens with two attached hydrogens (primary N) is 1. The zero-order valence-corrected chi connectivity index (χ0v) is 8.80. The van der Waals surface area contributed by atoms with E-state index >= 15 is 0 Å². The molecule has 0 aliphatic heterocycles. The molecule has 0 amide bonds. The van der Waals surface area contributed by atoms with Crippen LogP contribution in [0.3, 0.4) is 0 Å². The van der Waals surface area contributed by atoms with Gasteiger partial charge in [-0.3, -0.25) is 4.79 Å². The summed E-state index contributed by atoms with van der Waals surface area (Å²) in [5.74, 6) is -0.284. The minimum absolute atomic E-state index is 0.284. The molecule has 0 bridgehead atoms. The lowest BCUT2D eigenvalue weighted by molar-refractivity contribution is -0.142. The number of hydrogen-bond donors (Lipinski definition) is 1. The molecule has 1 rings (SSSR count). The zero-order chi connectivity index (χ0) is 9.84. The highest BCUT2D eigenvalue weighted by Crippen LogP contribution is 2.20. The average Bonchev–Trinajstić information content (AvgIpc) is 2.07. The van der Waals surface area contributed by atoms with Crippen LogP contribution in [0.5, 0.6) is 0 Å². The molecular formula is C9H10BrNO2. The van der Waals surface area contributed by atoms with Crippen LogP contribution in [0.2, 0.25) is 0 Å². The molecule has 13 heavy (non-hydrogen) atoms. The van der Waals surface area contributed by atoms with Crippen molar-refractivity contribution in [1.82, 2.24) is 0 Å². The van der Waals surface area contributed by atoms with E-state index in [9.17, 15) is 4.79 Å². The van der Waals surface area contributed by atoms with Crippen LogP contribution in [0.4, 0.5) is 5.69 Å². The molecule has 70 valence electrons. The number of benzene rings is 1. The fourth-order valence-corrected chi connectivity index (χ4v) is 1.27. The first kappa shape index (κ1) is 10.1. The molecule has 1 aromatic carbocycles. The summed E-state index contributed by atoms with van der Waals surface area (Å²) in [6.45, 7) is 1.67. The molecule has 0 atom stereocenters. The van der Waals surface area contributed by atoms with E-state index in [1.807, 2.05) is 12.1 Å². The van der Waals surface area contributed by atoms with E-state index in [0.29, 0.717) is 5.69 Å². The molecule has 0 heterocycles. The fraction of sp³-hybridized carbons (Fsp3) is 0.222. The SMILES string of the molecule is CC(=O)OCc1ccc(N)c(Br)c1. The van der Waals surface area contributed by atoms with Crippen molar-refractivity contribution in [3.05, 3.63) is 28.2 Å². The van der Waals surface area contributed by atoms with Gasteiger partial charge in [-0.2, -0.15) is 0 Å². The van der Waals surface area contributed by atoms with Gasteiger partial charge in [0.1, 0.15) is 6.61 Å². The maximum Gasteiger partial charge on any atom is 0.302 e. The topological polar surface area (TPSA) is 52.3 Å². The number of anilines is 1. The third-order valence-electron chi connectivity index (χ3n) is 1.51. The zero-order valence-electron chi connectivity index (χ0n) is 7.21. The van der Waals surface area contributed by atoms with Gasteiger partial charge in [0.25, 0.3) is 0 Å². The average molecular weight is 244 g/mol. The van der Waals surface area contributed by atoms with Crippen LogP contribution in [0.25, 0.3) is 0 Å². The Bertz CT molecular complexity index is 325. The van der Waals surface area contributed by atoms with Gasteiger partial charge in [0.2, 0.25) is 0 Å². The predicted molar refractivity (Wildman–Crippen MR) is 54.0 cm³/mol. The first-order valence-electron chi connectivity index (χ1n) is 3.77.